The minimum atomic E-state index is -0.0210. The number of nitrogens with zero attached hydrogens (tertiary/aromatic N) is 3. The number of carbonyl (C=O) groups excluding carboxylic acids is 1. The number of amides is 1. The van der Waals surface area contributed by atoms with Gasteiger partial charge in [-0.1, -0.05) is 36.3 Å². The zero-order valence-electron chi connectivity index (χ0n) is 16.5. The Bertz CT molecular complexity index is 872. The quantitative estimate of drug-likeness (QED) is 0.595. The lowest BCUT2D eigenvalue weighted by Gasteiger charge is -2.25. The summed E-state index contributed by atoms with van der Waals surface area (Å²) in [5.41, 5.74) is 3.44. The Morgan fingerprint density at radius 3 is 2.68 bits per heavy atom. The van der Waals surface area contributed by atoms with Gasteiger partial charge in [0.05, 0.1) is 6.04 Å². The average Bonchev–Trinajstić information content (AvgIpc) is 3.38. The highest BCUT2D eigenvalue weighted by atomic mass is 32.1. The third-order valence-electron chi connectivity index (χ3n) is 4.70. The van der Waals surface area contributed by atoms with Crippen LogP contribution in [0.2, 0.25) is 0 Å². The van der Waals surface area contributed by atoms with E-state index in [2.05, 4.69) is 51.5 Å². The van der Waals surface area contributed by atoms with Gasteiger partial charge in [-0.05, 0) is 43.1 Å². The fourth-order valence-electron chi connectivity index (χ4n) is 2.96. The van der Waals surface area contributed by atoms with Gasteiger partial charge < -0.3 is 14.7 Å². The summed E-state index contributed by atoms with van der Waals surface area (Å²) in [6, 6.07) is 10.6. The Kier molecular flexibility index (Phi) is 6.95. The molecule has 2 aromatic heterocycles. The second kappa shape index (κ2) is 9.61. The summed E-state index contributed by atoms with van der Waals surface area (Å²) in [5, 5.41) is 10.9. The third-order valence-corrected chi connectivity index (χ3v) is 5.39. The maximum atomic E-state index is 12.3. The molecule has 6 nitrogen and oxygen atoms in total. The van der Waals surface area contributed by atoms with Gasteiger partial charge in [0, 0.05) is 30.3 Å². The van der Waals surface area contributed by atoms with Crippen LogP contribution in [0.5, 0.6) is 0 Å². The molecule has 0 radical (unpaired) electrons. The summed E-state index contributed by atoms with van der Waals surface area (Å²) < 4.78 is 5.25. The van der Waals surface area contributed by atoms with E-state index in [4.69, 9.17) is 4.52 Å². The van der Waals surface area contributed by atoms with Crippen molar-refractivity contribution >= 4 is 17.2 Å². The first-order chi connectivity index (χ1) is 13.6. The molecule has 1 aromatic carbocycles. The highest BCUT2D eigenvalue weighted by molar-refractivity contribution is 7.08. The fraction of sp³-hybridized carbons (Fsp3) is 0.381. The Balaban J connectivity index is 1.50. The highest BCUT2D eigenvalue weighted by Gasteiger charge is 2.16. The summed E-state index contributed by atoms with van der Waals surface area (Å²) in [4.78, 5) is 18.8. The number of thiophene rings is 1. The second-order valence-corrected chi connectivity index (χ2v) is 7.68. The van der Waals surface area contributed by atoms with Crippen molar-refractivity contribution in [2.24, 2.45) is 0 Å². The van der Waals surface area contributed by atoms with Crippen molar-refractivity contribution in [1.29, 1.82) is 0 Å². The second-order valence-electron chi connectivity index (χ2n) is 6.90. The number of likely N-dealkylation sites (N-methyl/N-ethyl adjacent to an activating group) is 1. The van der Waals surface area contributed by atoms with Crippen molar-refractivity contribution in [3.05, 3.63) is 58.1 Å². The fourth-order valence-corrected chi connectivity index (χ4v) is 3.59. The monoisotopic (exact) mass is 398 g/mol. The van der Waals surface area contributed by atoms with E-state index >= 15 is 0 Å². The maximum absolute atomic E-state index is 12.3. The standard InChI is InChI=1S/C21H26N4O2S/c1-4-15-5-7-16(8-6-15)18(25(2)3)13-22-19(26)9-10-20-23-21(24-27-20)17-11-12-28-14-17/h5-8,11-12,14,18H,4,9-10,13H2,1-3H3,(H,22,26). The van der Waals surface area contributed by atoms with E-state index < -0.39 is 0 Å². The normalized spacial score (nSPS) is 12.3. The van der Waals surface area contributed by atoms with Gasteiger partial charge >= 0.3 is 0 Å². The molecule has 1 amide bonds. The Morgan fingerprint density at radius 1 is 1.25 bits per heavy atom. The van der Waals surface area contributed by atoms with Gasteiger partial charge in [-0.2, -0.15) is 16.3 Å². The lowest BCUT2D eigenvalue weighted by atomic mass is 10.0. The topological polar surface area (TPSA) is 71.3 Å². The van der Waals surface area contributed by atoms with Crippen LogP contribution in [0, 0.1) is 0 Å². The van der Waals surface area contributed by atoms with Crippen LogP contribution >= 0.6 is 11.3 Å². The summed E-state index contributed by atoms with van der Waals surface area (Å²) in [5.74, 6) is 1.03. The Labute approximate surface area is 169 Å². The molecule has 0 bridgehead atoms. The van der Waals surface area contributed by atoms with Crippen LogP contribution in [0.15, 0.2) is 45.6 Å². The molecular formula is C21H26N4O2S. The van der Waals surface area contributed by atoms with Gasteiger partial charge in [-0.25, -0.2) is 0 Å². The molecule has 0 saturated carbocycles. The average molecular weight is 399 g/mol. The van der Waals surface area contributed by atoms with E-state index in [9.17, 15) is 4.79 Å². The third kappa shape index (κ3) is 5.27. The molecule has 3 aromatic rings. The molecule has 7 heteroatoms. The van der Waals surface area contributed by atoms with Crippen LogP contribution in [-0.4, -0.2) is 41.6 Å². The van der Waals surface area contributed by atoms with Crippen LogP contribution in [0.1, 0.15) is 36.4 Å². The SMILES string of the molecule is CCc1ccc(C(CNC(=O)CCc2nc(-c3ccsc3)no2)N(C)C)cc1. The summed E-state index contributed by atoms with van der Waals surface area (Å²) in [7, 11) is 4.05. The van der Waals surface area contributed by atoms with Crippen molar-refractivity contribution in [3.63, 3.8) is 0 Å². The van der Waals surface area contributed by atoms with Crippen LogP contribution < -0.4 is 5.32 Å². The minimum absolute atomic E-state index is 0.0210. The van der Waals surface area contributed by atoms with Gasteiger partial charge in [-0.15, -0.1) is 0 Å². The number of nitrogens with one attached hydrogen (secondary N) is 1. The molecule has 1 unspecified atom stereocenters. The molecular weight excluding hydrogens is 372 g/mol. The largest absolute Gasteiger partial charge is 0.354 e. The van der Waals surface area contributed by atoms with E-state index in [0.717, 1.165) is 12.0 Å². The summed E-state index contributed by atoms with van der Waals surface area (Å²) in [6.07, 6.45) is 1.77. The first-order valence-electron chi connectivity index (χ1n) is 9.44. The Morgan fingerprint density at radius 2 is 2.04 bits per heavy atom. The van der Waals surface area contributed by atoms with Gasteiger partial charge in [-0.3, -0.25) is 4.79 Å². The van der Waals surface area contributed by atoms with Crippen molar-refractivity contribution in [3.8, 4) is 11.4 Å². The van der Waals surface area contributed by atoms with Crippen LogP contribution in [0.4, 0.5) is 0 Å². The molecule has 0 aliphatic carbocycles. The van der Waals surface area contributed by atoms with Gasteiger partial charge in [0.15, 0.2) is 0 Å². The van der Waals surface area contributed by atoms with Crippen molar-refractivity contribution in [2.45, 2.75) is 32.2 Å². The van der Waals surface area contributed by atoms with E-state index in [1.165, 1.54) is 11.1 Å². The molecule has 0 aliphatic rings. The van der Waals surface area contributed by atoms with E-state index in [1.807, 2.05) is 30.9 Å². The van der Waals surface area contributed by atoms with Crippen molar-refractivity contribution < 1.29 is 9.32 Å². The lowest BCUT2D eigenvalue weighted by Crippen LogP contribution is -2.34. The molecule has 0 spiro atoms. The molecule has 1 atom stereocenters. The zero-order chi connectivity index (χ0) is 19.9. The maximum Gasteiger partial charge on any atom is 0.227 e. The molecule has 0 fully saturated rings. The predicted octanol–water partition coefficient (Wildman–Crippen LogP) is 3.71. The Hall–Kier alpha value is -2.51. The molecule has 0 aliphatic heterocycles. The predicted molar refractivity (Wildman–Crippen MR) is 111 cm³/mol. The van der Waals surface area contributed by atoms with Crippen LogP contribution in [-0.2, 0) is 17.6 Å². The number of benzene rings is 1. The first-order valence-corrected chi connectivity index (χ1v) is 10.4. The molecule has 28 heavy (non-hydrogen) atoms. The molecule has 2 heterocycles. The van der Waals surface area contributed by atoms with Crippen molar-refractivity contribution in [1.82, 2.24) is 20.4 Å². The summed E-state index contributed by atoms with van der Waals surface area (Å²) in [6.45, 7) is 2.70. The zero-order valence-corrected chi connectivity index (χ0v) is 17.3. The minimum Gasteiger partial charge on any atom is -0.354 e. The lowest BCUT2D eigenvalue weighted by molar-refractivity contribution is -0.121. The van der Waals surface area contributed by atoms with E-state index in [1.54, 1.807) is 11.3 Å². The van der Waals surface area contributed by atoms with E-state index in [-0.39, 0.29) is 11.9 Å². The highest BCUT2D eigenvalue weighted by Crippen LogP contribution is 2.20. The van der Waals surface area contributed by atoms with Gasteiger partial charge in [0.2, 0.25) is 17.6 Å². The smallest absolute Gasteiger partial charge is 0.227 e. The summed E-state index contributed by atoms with van der Waals surface area (Å²) >= 11 is 1.58. The van der Waals surface area contributed by atoms with Crippen molar-refractivity contribution in [2.75, 3.05) is 20.6 Å². The molecule has 1 N–H and O–H groups in total. The first kappa shape index (κ1) is 20.2. The molecule has 3 rings (SSSR count). The number of aromatic nitrogens is 2. The number of hydrogen-bond acceptors (Lipinski definition) is 6. The number of carbonyl (C=O) groups is 1. The van der Waals surface area contributed by atoms with Gasteiger partial charge in [0.1, 0.15) is 0 Å². The van der Waals surface area contributed by atoms with Crippen LogP contribution in [0.3, 0.4) is 0 Å². The number of hydrogen-bond donors (Lipinski definition) is 1. The molecule has 0 saturated heterocycles. The number of rotatable bonds is 9. The van der Waals surface area contributed by atoms with Crippen LogP contribution in [0.25, 0.3) is 11.4 Å². The number of aryl methyl sites for hydroxylation is 2. The van der Waals surface area contributed by atoms with E-state index in [0.29, 0.717) is 31.1 Å². The molecule has 148 valence electrons. The van der Waals surface area contributed by atoms with Gasteiger partial charge in [0.25, 0.3) is 0 Å².